The quantitative estimate of drug-likeness (QED) is 0.745. The van der Waals surface area contributed by atoms with E-state index in [1.54, 1.807) is 11.8 Å². The molecule has 25 heavy (non-hydrogen) atoms. The van der Waals surface area contributed by atoms with Crippen molar-refractivity contribution in [2.24, 2.45) is 5.92 Å². The minimum absolute atomic E-state index is 0.000432. The molecule has 2 fully saturated rings. The third-order valence-corrected chi connectivity index (χ3v) is 5.09. The number of carbonyl (C=O) groups excluding carboxylic acids is 2. The molecule has 9 heteroatoms. The van der Waals surface area contributed by atoms with E-state index >= 15 is 0 Å². The van der Waals surface area contributed by atoms with E-state index in [-0.39, 0.29) is 37.0 Å². The second kappa shape index (κ2) is 7.09. The third kappa shape index (κ3) is 3.38. The van der Waals surface area contributed by atoms with Crippen molar-refractivity contribution in [2.75, 3.05) is 40.5 Å². The number of likely N-dealkylation sites (tertiary alicyclic amines) is 1. The first-order chi connectivity index (χ1) is 12.0. The molecule has 9 nitrogen and oxygen atoms in total. The number of methoxy groups -OCH3 is 2. The number of fused-ring (bicyclic) bond motifs is 1. The van der Waals surface area contributed by atoms with Gasteiger partial charge in [-0.3, -0.25) is 9.59 Å². The second-order valence-electron chi connectivity index (χ2n) is 6.84. The molecule has 1 aliphatic heterocycles. The summed E-state index contributed by atoms with van der Waals surface area (Å²) in [6, 6.07) is -0.000432. The molecule has 3 atom stereocenters. The largest absolute Gasteiger partial charge is 0.375 e. The molecule has 1 aromatic heterocycles. The van der Waals surface area contributed by atoms with Crippen LogP contribution in [0.1, 0.15) is 24.6 Å². The maximum atomic E-state index is 12.2. The van der Waals surface area contributed by atoms with Gasteiger partial charge in [-0.15, -0.1) is 0 Å². The molecule has 1 saturated carbocycles. The molecular formula is C16H24N4O5. The van der Waals surface area contributed by atoms with Crippen LogP contribution < -0.4 is 5.32 Å². The van der Waals surface area contributed by atoms with Gasteiger partial charge < -0.3 is 24.2 Å². The summed E-state index contributed by atoms with van der Waals surface area (Å²) in [7, 11) is 3.00. The van der Waals surface area contributed by atoms with Crippen LogP contribution in [0.5, 0.6) is 0 Å². The lowest BCUT2D eigenvalue weighted by Crippen LogP contribution is -2.41. The van der Waals surface area contributed by atoms with Gasteiger partial charge in [0.25, 0.3) is 0 Å². The Morgan fingerprint density at radius 2 is 2.12 bits per heavy atom. The Kier molecular flexibility index (Phi) is 5.05. The summed E-state index contributed by atoms with van der Waals surface area (Å²) in [6.45, 7) is 2.96. The monoisotopic (exact) mass is 352 g/mol. The lowest BCUT2D eigenvalue weighted by Gasteiger charge is -2.25. The molecule has 1 aromatic rings. The molecule has 0 bridgehead atoms. The predicted octanol–water partition coefficient (Wildman–Crippen LogP) is -0.354. The van der Waals surface area contributed by atoms with E-state index in [0.717, 1.165) is 6.42 Å². The van der Waals surface area contributed by atoms with E-state index in [0.29, 0.717) is 31.2 Å². The Bertz CT molecular complexity index is 648. The first kappa shape index (κ1) is 17.8. The van der Waals surface area contributed by atoms with Gasteiger partial charge in [-0.1, -0.05) is 5.16 Å². The summed E-state index contributed by atoms with van der Waals surface area (Å²) in [5.74, 6) is 1.08. The summed E-state index contributed by atoms with van der Waals surface area (Å²) in [5.41, 5.74) is -0.421. The average molecular weight is 352 g/mol. The molecule has 3 rings (SSSR count). The van der Waals surface area contributed by atoms with Gasteiger partial charge in [-0.05, 0) is 25.7 Å². The number of aromatic nitrogens is 2. The van der Waals surface area contributed by atoms with Crippen molar-refractivity contribution in [3.63, 3.8) is 0 Å². The highest BCUT2D eigenvalue weighted by atomic mass is 16.5. The number of nitrogens with one attached hydrogen (secondary N) is 1. The minimum atomic E-state index is -0.421. The van der Waals surface area contributed by atoms with Crippen LogP contribution >= 0.6 is 0 Å². The number of rotatable bonds is 6. The van der Waals surface area contributed by atoms with E-state index < -0.39 is 5.41 Å². The van der Waals surface area contributed by atoms with Crippen LogP contribution in [0, 0.1) is 12.8 Å². The fourth-order valence-corrected chi connectivity index (χ4v) is 4.12. The molecule has 2 heterocycles. The number of nitrogens with zero attached hydrogens (tertiary/aromatic N) is 3. The van der Waals surface area contributed by atoms with Crippen LogP contribution in [0.2, 0.25) is 0 Å². The van der Waals surface area contributed by atoms with Gasteiger partial charge >= 0.3 is 0 Å². The standard InChI is InChI=1S/C16H24N4O5/c1-10-17-15(25-19-10)16-5-12(18-13(21)7-23-2)4-11(16)6-20(9-16)14(22)8-24-3/h11-12H,4-9H2,1-3H3,(H,18,21)/t11?,12-,16+/m1/s1. The van der Waals surface area contributed by atoms with Crippen LogP contribution in [0.25, 0.3) is 0 Å². The van der Waals surface area contributed by atoms with Crippen LogP contribution in [0.3, 0.4) is 0 Å². The van der Waals surface area contributed by atoms with Crippen LogP contribution in [0.4, 0.5) is 0 Å². The van der Waals surface area contributed by atoms with Gasteiger partial charge in [0.05, 0.1) is 5.41 Å². The van der Waals surface area contributed by atoms with Gasteiger partial charge in [0.2, 0.25) is 17.7 Å². The Hall–Kier alpha value is -2.00. The molecule has 1 N–H and O–H groups in total. The molecule has 2 amide bonds. The Morgan fingerprint density at radius 3 is 2.76 bits per heavy atom. The van der Waals surface area contributed by atoms with E-state index in [4.69, 9.17) is 14.0 Å². The van der Waals surface area contributed by atoms with Crippen molar-refractivity contribution in [2.45, 2.75) is 31.2 Å². The van der Waals surface area contributed by atoms with Gasteiger partial charge in [0, 0.05) is 33.4 Å². The van der Waals surface area contributed by atoms with E-state index in [9.17, 15) is 9.59 Å². The lowest BCUT2D eigenvalue weighted by atomic mass is 9.80. The SMILES string of the molecule is COCC(=O)N[C@@H]1CC2CN(C(=O)COC)C[C@@]2(c2nc(C)no2)C1. The normalized spacial score (nSPS) is 28.2. The molecule has 138 valence electrons. The number of hydrogen-bond acceptors (Lipinski definition) is 7. The number of aryl methyl sites for hydroxylation is 1. The molecule has 2 aliphatic rings. The number of carbonyl (C=O) groups is 2. The molecule has 1 unspecified atom stereocenters. The first-order valence-electron chi connectivity index (χ1n) is 8.34. The Balaban J connectivity index is 1.80. The molecule has 1 aliphatic carbocycles. The lowest BCUT2D eigenvalue weighted by molar-refractivity contribution is -0.134. The minimum Gasteiger partial charge on any atom is -0.375 e. The van der Waals surface area contributed by atoms with Crippen molar-refractivity contribution < 1.29 is 23.6 Å². The van der Waals surface area contributed by atoms with Crippen molar-refractivity contribution in [3.05, 3.63) is 11.7 Å². The predicted molar refractivity (Wildman–Crippen MR) is 85.7 cm³/mol. The first-order valence-corrected chi connectivity index (χ1v) is 8.34. The highest BCUT2D eigenvalue weighted by Crippen LogP contribution is 2.50. The second-order valence-corrected chi connectivity index (χ2v) is 6.84. The zero-order chi connectivity index (χ0) is 18.0. The highest BCUT2D eigenvalue weighted by molar-refractivity contribution is 5.78. The molecule has 0 radical (unpaired) electrons. The molecule has 1 saturated heterocycles. The van der Waals surface area contributed by atoms with Crippen LogP contribution in [0.15, 0.2) is 4.52 Å². The fourth-order valence-electron chi connectivity index (χ4n) is 4.12. The number of amides is 2. The highest BCUT2D eigenvalue weighted by Gasteiger charge is 2.58. The van der Waals surface area contributed by atoms with Crippen molar-refractivity contribution in [1.29, 1.82) is 0 Å². The fraction of sp³-hybridized carbons (Fsp3) is 0.750. The summed E-state index contributed by atoms with van der Waals surface area (Å²) in [6.07, 6.45) is 1.42. The van der Waals surface area contributed by atoms with Crippen LogP contribution in [-0.4, -0.2) is 73.4 Å². The third-order valence-electron chi connectivity index (χ3n) is 5.09. The molecule has 0 aromatic carbocycles. The van der Waals surface area contributed by atoms with E-state index in [1.807, 2.05) is 0 Å². The number of ether oxygens (including phenoxy) is 2. The summed E-state index contributed by atoms with van der Waals surface area (Å²) >= 11 is 0. The smallest absolute Gasteiger partial charge is 0.248 e. The van der Waals surface area contributed by atoms with Crippen LogP contribution in [-0.2, 0) is 24.5 Å². The Morgan fingerprint density at radius 1 is 1.36 bits per heavy atom. The van der Waals surface area contributed by atoms with Gasteiger partial charge in [-0.2, -0.15) is 4.98 Å². The van der Waals surface area contributed by atoms with E-state index in [1.165, 1.54) is 14.2 Å². The van der Waals surface area contributed by atoms with Gasteiger partial charge in [-0.25, -0.2) is 0 Å². The summed E-state index contributed by atoms with van der Waals surface area (Å²) < 4.78 is 15.3. The maximum absolute atomic E-state index is 12.2. The van der Waals surface area contributed by atoms with Crippen molar-refractivity contribution >= 4 is 11.8 Å². The summed E-state index contributed by atoms with van der Waals surface area (Å²) in [4.78, 5) is 30.3. The molecular weight excluding hydrogens is 328 g/mol. The van der Waals surface area contributed by atoms with Gasteiger partial charge in [0.15, 0.2) is 5.82 Å². The van der Waals surface area contributed by atoms with Crippen molar-refractivity contribution in [1.82, 2.24) is 20.4 Å². The zero-order valence-electron chi connectivity index (χ0n) is 14.8. The summed E-state index contributed by atoms with van der Waals surface area (Å²) in [5, 5.41) is 6.91. The molecule has 0 spiro atoms. The Labute approximate surface area is 146 Å². The number of hydrogen-bond donors (Lipinski definition) is 1. The van der Waals surface area contributed by atoms with Crippen molar-refractivity contribution in [3.8, 4) is 0 Å². The van der Waals surface area contributed by atoms with Gasteiger partial charge in [0.1, 0.15) is 13.2 Å². The zero-order valence-corrected chi connectivity index (χ0v) is 14.8. The maximum Gasteiger partial charge on any atom is 0.248 e. The average Bonchev–Trinajstić information content (AvgIpc) is 3.20. The van der Waals surface area contributed by atoms with E-state index in [2.05, 4.69) is 15.5 Å². The topological polar surface area (TPSA) is 107 Å².